The Balaban J connectivity index is 4.24. The summed E-state index contributed by atoms with van der Waals surface area (Å²) in [5.41, 5.74) is -0.625. The van der Waals surface area contributed by atoms with Gasteiger partial charge in [0.05, 0.1) is 6.10 Å². The van der Waals surface area contributed by atoms with Gasteiger partial charge in [0.1, 0.15) is 5.78 Å². The molecule has 0 aromatic heterocycles. The highest BCUT2D eigenvalue weighted by Crippen LogP contribution is 2.24. The Morgan fingerprint density at radius 1 is 1.58 bits per heavy atom. The number of hydrogen-bond donors (Lipinski definition) is 1. The molecule has 0 spiro atoms. The van der Waals surface area contributed by atoms with Crippen molar-refractivity contribution in [3.63, 3.8) is 0 Å². The molecule has 0 rings (SSSR count). The zero-order valence-corrected chi connectivity index (χ0v) is 8.29. The second kappa shape index (κ2) is 4.41. The summed E-state index contributed by atoms with van der Waals surface area (Å²) in [6.45, 7) is 6.94. The van der Waals surface area contributed by atoms with Gasteiger partial charge in [-0.3, -0.25) is 4.79 Å². The SMILES string of the molecule is C/C=C/CC(O)C(C)(C)C(C)=O. The summed E-state index contributed by atoms with van der Waals surface area (Å²) >= 11 is 0. The minimum absolute atomic E-state index is 0.0273. The van der Waals surface area contributed by atoms with E-state index in [2.05, 4.69) is 0 Å². The van der Waals surface area contributed by atoms with Crippen molar-refractivity contribution in [2.45, 2.75) is 40.2 Å². The third-order valence-electron chi connectivity index (χ3n) is 2.34. The van der Waals surface area contributed by atoms with Crippen molar-refractivity contribution in [3.8, 4) is 0 Å². The van der Waals surface area contributed by atoms with Gasteiger partial charge in [-0.1, -0.05) is 26.0 Å². The first-order valence-corrected chi connectivity index (χ1v) is 4.23. The van der Waals surface area contributed by atoms with E-state index in [1.165, 1.54) is 6.92 Å². The molecule has 70 valence electrons. The van der Waals surface area contributed by atoms with Gasteiger partial charge >= 0.3 is 0 Å². The number of allylic oxidation sites excluding steroid dienone is 1. The van der Waals surface area contributed by atoms with Crippen LogP contribution in [0.3, 0.4) is 0 Å². The Labute approximate surface area is 74.3 Å². The van der Waals surface area contributed by atoms with Crippen molar-refractivity contribution >= 4 is 5.78 Å². The van der Waals surface area contributed by atoms with Crippen LogP contribution in [0.25, 0.3) is 0 Å². The molecule has 0 aliphatic carbocycles. The van der Waals surface area contributed by atoms with Crippen LogP contribution >= 0.6 is 0 Å². The van der Waals surface area contributed by atoms with E-state index >= 15 is 0 Å². The fraction of sp³-hybridized carbons (Fsp3) is 0.700. The van der Waals surface area contributed by atoms with Crippen molar-refractivity contribution < 1.29 is 9.90 Å². The Morgan fingerprint density at radius 3 is 2.42 bits per heavy atom. The molecule has 0 radical (unpaired) electrons. The molecule has 0 saturated carbocycles. The Kier molecular flexibility index (Phi) is 4.18. The molecule has 0 heterocycles. The van der Waals surface area contributed by atoms with E-state index in [4.69, 9.17) is 0 Å². The first kappa shape index (κ1) is 11.4. The highest BCUT2D eigenvalue weighted by atomic mass is 16.3. The monoisotopic (exact) mass is 170 g/mol. The highest BCUT2D eigenvalue weighted by molar-refractivity contribution is 5.82. The van der Waals surface area contributed by atoms with E-state index in [-0.39, 0.29) is 5.78 Å². The number of ketones is 1. The lowest BCUT2D eigenvalue weighted by molar-refractivity contribution is -0.130. The van der Waals surface area contributed by atoms with Gasteiger partial charge < -0.3 is 5.11 Å². The number of aliphatic hydroxyl groups excluding tert-OH is 1. The van der Waals surface area contributed by atoms with Gasteiger partial charge in [-0.25, -0.2) is 0 Å². The lowest BCUT2D eigenvalue weighted by Gasteiger charge is -2.26. The van der Waals surface area contributed by atoms with Crippen LogP contribution < -0.4 is 0 Å². The molecule has 12 heavy (non-hydrogen) atoms. The summed E-state index contributed by atoms with van der Waals surface area (Å²) in [4.78, 5) is 11.1. The molecule has 1 atom stereocenters. The van der Waals surface area contributed by atoms with Crippen LogP contribution in [0.5, 0.6) is 0 Å². The Morgan fingerprint density at radius 2 is 2.08 bits per heavy atom. The molecular formula is C10H18O2. The van der Waals surface area contributed by atoms with Gasteiger partial charge in [0.15, 0.2) is 0 Å². The fourth-order valence-corrected chi connectivity index (χ4v) is 0.794. The maximum Gasteiger partial charge on any atom is 0.138 e. The maximum atomic E-state index is 11.1. The van der Waals surface area contributed by atoms with Crippen LogP contribution in [0.4, 0.5) is 0 Å². The van der Waals surface area contributed by atoms with Gasteiger partial charge in [0.2, 0.25) is 0 Å². The molecular weight excluding hydrogens is 152 g/mol. The molecule has 2 nitrogen and oxygen atoms in total. The second-order valence-electron chi connectivity index (χ2n) is 3.60. The third kappa shape index (κ3) is 2.78. The summed E-state index contributed by atoms with van der Waals surface area (Å²) in [6, 6.07) is 0. The van der Waals surface area contributed by atoms with Gasteiger partial charge in [-0.2, -0.15) is 0 Å². The number of rotatable bonds is 4. The van der Waals surface area contributed by atoms with E-state index in [1.807, 2.05) is 19.1 Å². The van der Waals surface area contributed by atoms with Crippen LogP contribution in [0.1, 0.15) is 34.1 Å². The number of carbonyl (C=O) groups excluding carboxylic acids is 1. The third-order valence-corrected chi connectivity index (χ3v) is 2.34. The number of carbonyl (C=O) groups is 1. The molecule has 0 aromatic rings. The predicted molar refractivity (Wildman–Crippen MR) is 49.9 cm³/mol. The molecule has 0 aliphatic heterocycles. The van der Waals surface area contributed by atoms with E-state index in [0.29, 0.717) is 6.42 Å². The number of hydrogen-bond acceptors (Lipinski definition) is 2. The fourth-order valence-electron chi connectivity index (χ4n) is 0.794. The summed E-state index contributed by atoms with van der Waals surface area (Å²) in [7, 11) is 0. The first-order valence-electron chi connectivity index (χ1n) is 4.23. The molecule has 0 bridgehead atoms. The smallest absolute Gasteiger partial charge is 0.138 e. The van der Waals surface area contributed by atoms with E-state index in [1.54, 1.807) is 13.8 Å². The molecule has 0 amide bonds. The van der Waals surface area contributed by atoms with Gasteiger partial charge in [-0.15, -0.1) is 0 Å². The highest BCUT2D eigenvalue weighted by Gasteiger charge is 2.31. The largest absolute Gasteiger partial charge is 0.392 e. The molecule has 0 aliphatic rings. The van der Waals surface area contributed by atoms with E-state index < -0.39 is 11.5 Å². The van der Waals surface area contributed by atoms with Crippen molar-refractivity contribution in [2.24, 2.45) is 5.41 Å². The summed E-state index contributed by atoms with van der Waals surface area (Å²) in [5, 5.41) is 9.61. The second-order valence-corrected chi connectivity index (χ2v) is 3.60. The van der Waals surface area contributed by atoms with Crippen LogP contribution in [0.15, 0.2) is 12.2 Å². The normalized spacial score (nSPS) is 15.1. The summed E-state index contributed by atoms with van der Waals surface area (Å²) in [5.74, 6) is 0.0273. The van der Waals surface area contributed by atoms with E-state index in [0.717, 1.165) is 0 Å². The molecule has 0 saturated heterocycles. The van der Waals surface area contributed by atoms with Crippen molar-refractivity contribution in [2.75, 3.05) is 0 Å². The van der Waals surface area contributed by atoms with E-state index in [9.17, 15) is 9.90 Å². The van der Waals surface area contributed by atoms with Crippen molar-refractivity contribution in [3.05, 3.63) is 12.2 Å². The van der Waals surface area contributed by atoms with Crippen molar-refractivity contribution in [1.29, 1.82) is 0 Å². The van der Waals surface area contributed by atoms with Gasteiger partial charge in [0.25, 0.3) is 0 Å². The van der Waals surface area contributed by atoms with Crippen molar-refractivity contribution in [1.82, 2.24) is 0 Å². The Bertz CT molecular complexity index is 180. The summed E-state index contributed by atoms with van der Waals surface area (Å²) < 4.78 is 0. The molecule has 1 unspecified atom stereocenters. The van der Waals surface area contributed by atoms with Crippen LogP contribution in [0, 0.1) is 5.41 Å². The molecule has 0 aromatic carbocycles. The predicted octanol–water partition coefficient (Wildman–Crippen LogP) is 1.93. The minimum Gasteiger partial charge on any atom is -0.392 e. The molecule has 0 fully saturated rings. The lowest BCUT2D eigenvalue weighted by Crippen LogP contribution is -2.35. The standard InChI is InChI=1S/C10H18O2/c1-5-6-7-9(12)10(3,4)8(2)11/h5-6,9,12H,7H2,1-4H3/b6-5+. The zero-order valence-electron chi connectivity index (χ0n) is 8.29. The quantitative estimate of drug-likeness (QED) is 0.654. The Hall–Kier alpha value is -0.630. The average molecular weight is 170 g/mol. The van der Waals surface area contributed by atoms with Crippen LogP contribution in [-0.2, 0) is 4.79 Å². The first-order chi connectivity index (χ1) is 5.42. The maximum absolute atomic E-state index is 11.1. The molecule has 2 heteroatoms. The average Bonchev–Trinajstić information content (AvgIpc) is 1.99. The van der Waals surface area contributed by atoms with Gasteiger partial charge in [-0.05, 0) is 20.3 Å². The van der Waals surface area contributed by atoms with Gasteiger partial charge in [0, 0.05) is 5.41 Å². The topological polar surface area (TPSA) is 37.3 Å². The minimum atomic E-state index is -0.625. The summed E-state index contributed by atoms with van der Waals surface area (Å²) in [6.07, 6.45) is 3.71. The lowest BCUT2D eigenvalue weighted by atomic mass is 9.81. The number of aliphatic hydroxyl groups is 1. The molecule has 1 N–H and O–H groups in total. The van der Waals surface area contributed by atoms with Crippen LogP contribution in [0.2, 0.25) is 0 Å². The zero-order chi connectivity index (χ0) is 9.78. The van der Waals surface area contributed by atoms with Crippen LogP contribution in [-0.4, -0.2) is 17.0 Å². The number of Topliss-reactive ketones (excluding diaryl/α,β-unsaturated/α-hetero) is 1.